The number of halogens is 2. The first kappa shape index (κ1) is 17.9. The Balaban J connectivity index is 1.67. The minimum absolute atomic E-state index is 0.112. The molecule has 0 aliphatic heterocycles. The molecule has 0 amide bonds. The molecule has 27 heavy (non-hydrogen) atoms. The lowest BCUT2D eigenvalue weighted by Crippen LogP contribution is -2.13. The zero-order chi connectivity index (χ0) is 19.0. The zero-order valence-electron chi connectivity index (χ0n) is 13.7. The van der Waals surface area contributed by atoms with Crippen molar-refractivity contribution >= 4 is 48.9 Å². The monoisotopic (exact) mass is 418 g/mol. The van der Waals surface area contributed by atoms with Gasteiger partial charge in [0.05, 0.1) is 20.1 Å². The van der Waals surface area contributed by atoms with Gasteiger partial charge < -0.3 is 0 Å². The van der Waals surface area contributed by atoms with Crippen LogP contribution in [0, 0.1) is 5.82 Å². The SMILES string of the molecule is O=S(=O)(Nc1cccc(-c2nc3ccccc3s2)c1)c1ccc(F)c(Cl)c1. The number of benzene rings is 3. The van der Waals surface area contributed by atoms with E-state index in [2.05, 4.69) is 9.71 Å². The highest BCUT2D eigenvalue weighted by Crippen LogP contribution is 2.31. The molecule has 0 unspecified atom stereocenters. The average Bonchev–Trinajstić information content (AvgIpc) is 3.08. The van der Waals surface area contributed by atoms with Crippen LogP contribution in [0.4, 0.5) is 10.1 Å². The topological polar surface area (TPSA) is 59.1 Å². The molecule has 0 saturated carbocycles. The van der Waals surface area contributed by atoms with Crippen molar-refractivity contribution in [2.45, 2.75) is 4.90 Å². The number of nitrogens with one attached hydrogen (secondary N) is 1. The molecular formula is C19H12ClFN2O2S2. The summed E-state index contributed by atoms with van der Waals surface area (Å²) in [6, 6.07) is 18.0. The molecule has 8 heteroatoms. The van der Waals surface area contributed by atoms with Crippen LogP contribution >= 0.6 is 22.9 Å². The van der Waals surface area contributed by atoms with E-state index in [0.29, 0.717) is 5.69 Å². The summed E-state index contributed by atoms with van der Waals surface area (Å²) >= 11 is 7.22. The number of fused-ring (bicyclic) bond motifs is 1. The Hall–Kier alpha value is -2.48. The fraction of sp³-hybridized carbons (Fsp3) is 0. The molecule has 4 nitrogen and oxygen atoms in total. The Bertz CT molecular complexity index is 1220. The number of thiazole rings is 1. The van der Waals surface area contributed by atoms with Crippen molar-refractivity contribution < 1.29 is 12.8 Å². The van der Waals surface area contributed by atoms with E-state index in [4.69, 9.17) is 11.6 Å². The van der Waals surface area contributed by atoms with E-state index in [-0.39, 0.29) is 9.92 Å². The molecule has 0 fully saturated rings. The van der Waals surface area contributed by atoms with Crippen molar-refractivity contribution in [3.8, 4) is 10.6 Å². The first-order chi connectivity index (χ1) is 12.9. The Morgan fingerprint density at radius 1 is 1.00 bits per heavy atom. The van der Waals surface area contributed by atoms with Crippen molar-refractivity contribution in [2.24, 2.45) is 0 Å². The van der Waals surface area contributed by atoms with Gasteiger partial charge in [0.15, 0.2) is 0 Å². The van der Waals surface area contributed by atoms with Gasteiger partial charge >= 0.3 is 0 Å². The Labute approximate surface area is 164 Å². The fourth-order valence-corrected chi connectivity index (χ4v) is 4.85. The van der Waals surface area contributed by atoms with E-state index in [1.165, 1.54) is 17.4 Å². The molecule has 3 aromatic carbocycles. The molecule has 0 aliphatic rings. The summed E-state index contributed by atoms with van der Waals surface area (Å²) < 4.78 is 41.9. The summed E-state index contributed by atoms with van der Waals surface area (Å²) in [6.07, 6.45) is 0. The van der Waals surface area contributed by atoms with Crippen LogP contribution < -0.4 is 4.72 Å². The number of rotatable bonds is 4. The highest BCUT2D eigenvalue weighted by Gasteiger charge is 2.17. The second-order valence-electron chi connectivity index (χ2n) is 5.75. The van der Waals surface area contributed by atoms with Crippen molar-refractivity contribution in [3.05, 3.63) is 77.6 Å². The molecule has 0 bridgehead atoms. The molecule has 0 spiro atoms. The van der Waals surface area contributed by atoms with Crippen LogP contribution in [0.5, 0.6) is 0 Å². The van der Waals surface area contributed by atoms with Crippen molar-refractivity contribution in [3.63, 3.8) is 0 Å². The largest absolute Gasteiger partial charge is 0.280 e. The lowest BCUT2D eigenvalue weighted by atomic mass is 10.2. The summed E-state index contributed by atoms with van der Waals surface area (Å²) in [5, 5.41) is 0.545. The maximum Gasteiger partial charge on any atom is 0.261 e. The molecule has 136 valence electrons. The molecule has 1 heterocycles. The molecule has 0 atom stereocenters. The lowest BCUT2D eigenvalue weighted by Gasteiger charge is -2.09. The van der Waals surface area contributed by atoms with Gasteiger partial charge in [-0.3, -0.25) is 4.72 Å². The Morgan fingerprint density at radius 2 is 1.81 bits per heavy atom. The lowest BCUT2D eigenvalue weighted by molar-refractivity contribution is 0.599. The molecule has 4 aromatic rings. The number of hydrogen-bond acceptors (Lipinski definition) is 4. The first-order valence-electron chi connectivity index (χ1n) is 7.86. The number of aromatic nitrogens is 1. The predicted octanol–water partition coefficient (Wildman–Crippen LogP) is 5.56. The van der Waals surface area contributed by atoms with E-state index >= 15 is 0 Å². The average molecular weight is 419 g/mol. The standard InChI is InChI=1S/C19H12ClFN2O2S2/c20-15-11-14(8-9-16(15)21)27(24,25)23-13-5-3-4-12(10-13)19-22-17-6-1-2-7-18(17)26-19/h1-11,23H. The summed E-state index contributed by atoms with van der Waals surface area (Å²) in [4.78, 5) is 4.47. The third kappa shape index (κ3) is 3.66. The molecule has 0 aliphatic carbocycles. The van der Waals surface area contributed by atoms with Gasteiger partial charge in [-0.15, -0.1) is 11.3 Å². The van der Waals surface area contributed by atoms with Gasteiger partial charge in [0, 0.05) is 11.3 Å². The Kier molecular flexibility index (Phi) is 4.59. The molecular weight excluding hydrogens is 407 g/mol. The van der Waals surface area contributed by atoms with Crippen LogP contribution in [0.1, 0.15) is 0 Å². The molecule has 4 rings (SSSR count). The van der Waals surface area contributed by atoms with Gasteiger partial charge in [-0.1, -0.05) is 35.9 Å². The number of para-hydroxylation sites is 1. The van der Waals surface area contributed by atoms with Gasteiger partial charge in [-0.05, 0) is 42.5 Å². The number of hydrogen-bond donors (Lipinski definition) is 1. The zero-order valence-corrected chi connectivity index (χ0v) is 16.1. The van der Waals surface area contributed by atoms with Gasteiger partial charge in [0.2, 0.25) is 0 Å². The van der Waals surface area contributed by atoms with Gasteiger partial charge in [-0.25, -0.2) is 17.8 Å². The summed E-state index contributed by atoms with van der Waals surface area (Å²) in [5.74, 6) is -0.673. The van der Waals surface area contributed by atoms with Crippen molar-refractivity contribution in [1.82, 2.24) is 4.98 Å². The highest BCUT2D eigenvalue weighted by molar-refractivity contribution is 7.92. The van der Waals surface area contributed by atoms with Crippen molar-refractivity contribution in [2.75, 3.05) is 4.72 Å². The second-order valence-corrected chi connectivity index (χ2v) is 8.87. The summed E-state index contributed by atoms with van der Waals surface area (Å²) in [6.45, 7) is 0. The highest BCUT2D eigenvalue weighted by atomic mass is 35.5. The Morgan fingerprint density at radius 3 is 2.59 bits per heavy atom. The second kappa shape index (κ2) is 6.92. The molecule has 1 N–H and O–H groups in total. The quantitative estimate of drug-likeness (QED) is 0.472. The fourth-order valence-electron chi connectivity index (χ4n) is 2.57. The van der Waals surface area contributed by atoms with E-state index in [1.807, 2.05) is 30.3 Å². The van der Waals surface area contributed by atoms with Crippen LogP contribution in [0.2, 0.25) is 5.02 Å². The van der Waals surface area contributed by atoms with Gasteiger partial charge in [0.1, 0.15) is 10.8 Å². The van der Waals surface area contributed by atoms with E-state index in [0.717, 1.165) is 32.9 Å². The van der Waals surface area contributed by atoms with Crippen LogP contribution in [-0.4, -0.2) is 13.4 Å². The summed E-state index contributed by atoms with van der Waals surface area (Å²) in [7, 11) is -3.89. The van der Waals surface area contributed by atoms with Crippen LogP contribution in [0.3, 0.4) is 0 Å². The molecule has 0 radical (unpaired) electrons. The van der Waals surface area contributed by atoms with E-state index in [1.54, 1.807) is 18.2 Å². The number of sulfonamides is 1. The minimum Gasteiger partial charge on any atom is -0.280 e. The number of anilines is 1. The van der Waals surface area contributed by atoms with Crippen LogP contribution in [0.25, 0.3) is 20.8 Å². The number of nitrogens with zero attached hydrogens (tertiary/aromatic N) is 1. The smallest absolute Gasteiger partial charge is 0.261 e. The van der Waals surface area contributed by atoms with Crippen molar-refractivity contribution in [1.29, 1.82) is 0 Å². The maximum absolute atomic E-state index is 13.3. The molecule has 0 saturated heterocycles. The van der Waals surface area contributed by atoms with E-state index < -0.39 is 15.8 Å². The molecule has 1 aromatic heterocycles. The predicted molar refractivity (Wildman–Crippen MR) is 107 cm³/mol. The van der Waals surface area contributed by atoms with Gasteiger partial charge in [-0.2, -0.15) is 0 Å². The van der Waals surface area contributed by atoms with Crippen LogP contribution in [-0.2, 0) is 10.0 Å². The third-order valence-electron chi connectivity index (χ3n) is 3.86. The maximum atomic E-state index is 13.3. The van der Waals surface area contributed by atoms with E-state index in [9.17, 15) is 12.8 Å². The van der Waals surface area contributed by atoms with Crippen LogP contribution in [0.15, 0.2) is 71.6 Å². The first-order valence-corrected chi connectivity index (χ1v) is 10.5. The van der Waals surface area contributed by atoms with Gasteiger partial charge in [0.25, 0.3) is 10.0 Å². The minimum atomic E-state index is -3.89. The summed E-state index contributed by atoms with van der Waals surface area (Å²) in [5.41, 5.74) is 2.07. The third-order valence-corrected chi connectivity index (χ3v) is 6.61. The normalized spacial score (nSPS) is 11.6.